The van der Waals surface area contributed by atoms with E-state index in [2.05, 4.69) is 0 Å². The Morgan fingerprint density at radius 1 is 1.67 bits per heavy atom. The van der Waals surface area contributed by atoms with Gasteiger partial charge in [-0.2, -0.15) is 0 Å². The molecule has 0 radical (unpaired) electrons. The van der Waals surface area contributed by atoms with E-state index in [0.717, 1.165) is 18.7 Å². The van der Waals surface area contributed by atoms with E-state index in [1.807, 2.05) is 6.92 Å². The predicted octanol–water partition coefficient (Wildman–Crippen LogP) is 1.52. The summed E-state index contributed by atoms with van der Waals surface area (Å²) in [6.07, 6.45) is 1.46. The van der Waals surface area contributed by atoms with Crippen LogP contribution in [0.4, 0.5) is 4.79 Å². The topological polar surface area (TPSA) is 37.4 Å². The molecule has 4 heteroatoms. The van der Waals surface area contributed by atoms with Gasteiger partial charge in [0.1, 0.15) is 0 Å². The average molecular weight is 187 g/mol. The van der Waals surface area contributed by atoms with Gasteiger partial charge in [0, 0.05) is 18.7 Å². The molecule has 1 rings (SSSR count). The monoisotopic (exact) mass is 187 g/mol. The summed E-state index contributed by atoms with van der Waals surface area (Å²) < 4.78 is 0. The molecule has 0 aliphatic carbocycles. The molecule has 0 spiro atoms. The van der Waals surface area contributed by atoms with E-state index >= 15 is 0 Å². The van der Waals surface area contributed by atoms with Gasteiger partial charge in [-0.1, -0.05) is 18.7 Å². The zero-order valence-electron chi connectivity index (χ0n) is 7.21. The van der Waals surface area contributed by atoms with Crippen molar-refractivity contribution in [3.63, 3.8) is 0 Å². The summed E-state index contributed by atoms with van der Waals surface area (Å²) in [6.45, 7) is 3.02. The lowest BCUT2D eigenvalue weighted by molar-refractivity contribution is -0.119. The van der Waals surface area contributed by atoms with Crippen LogP contribution in [0.3, 0.4) is 0 Å². The zero-order valence-corrected chi connectivity index (χ0v) is 8.02. The molecule has 0 unspecified atom stereocenters. The number of ketones is 1. The van der Waals surface area contributed by atoms with Gasteiger partial charge in [-0.25, -0.2) is 0 Å². The van der Waals surface area contributed by atoms with Crippen molar-refractivity contribution in [2.75, 3.05) is 18.8 Å². The summed E-state index contributed by atoms with van der Waals surface area (Å²) in [6, 6.07) is 0. The first-order valence-corrected chi connectivity index (χ1v) is 5.16. The highest BCUT2D eigenvalue weighted by atomic mass is 32.2. The second-order valence-electron chi connectivity index (χ2n) is 2.82. The Labute approximate surface area is 76.5 Å². The predicted molar refractivity (Wildman–Crippen MR) is 49.3 cm³/mol. The van der Waals surface area contributed by atoms with Crippen LogP contribution in [0.5, 0.6) is 0 Å². The van der Waals surface area contributed by atoms with E-state index in [-0.39, 0.29) is 11.0 Å². The summed E-state index contributed by atoms with van der Waals surface area (Å²) in [5.41, 5.74) is 0. The largest absolute Gasteiger partial charge is 0.325 e. The highest BCUT2D eigenvalue weighted by Gasteiger charge is 2.22. The van der Waals surface area contributed by atoms with E-state index in [0.29, 0.717) is 13.0 Å². The van der Waals surface area contributed by atoms with E-state index in [9.17, 15) is 9.59 Å². The minimum atomic E-state index is 0.0550. The molecule has 1 heterocycles. The third kappa shape index (κ3) is 2.52. The van der Waals surface area contributed by atoms with Crippen LogP contribution in [0.25, 0.3) is 0 Å². The Hall–Kier alpha value is -0.510. The van der Waals surface area contributed by atoms with Gasteiger partial charge in [-0.15, -0.1) is 0 Å². The molecule has 0 aromatic heterocycles. The second kappa shape index (κ2) is 4.50. The lowest BCUT2D eigenvalue weighted by atomic mass is 10.2. The number of hydrogen-bond donors (Lipinski definition) is 0. The molecule has 0 bridgehead atoms. The molecule has 0 atom stereocenters. The smallest absolute Gasteiger partial charge is 0.282 e. The number of Topliss-reactive ketones (excluding diaryl/α,β-unsaturated/α-hetero) is 1. The molecule has 68 valence electrons. The molecule has 1 fully saturated rings. The average Bonchev–Trinajstić information content (AvgIpc) is 2.37. The van der Waals surface area contributed by atoms with Crippen LogP contribution < -0.4 is 0 Å². The Morgan fingerprint density at radius 3 is 2.92 bits per heavy atom. The summed E-state index contributed by atoms with van der Waals surface area (Å²) >= 11 is 1.30. The van der Waals surface area contributed by atoms with Crippen molar-refractivity contribution in [1.82, 2.24) is 4.90 Å². The molecule has 0 aromatic carbocycles. The third-order valence-electron chi connectivity index (χ3n) is 1.74. The first-order chi connectivity index (χ1) is 5.74. The Bertz CT molecular complexity index is 193. The van der Waals surface area contributed by atoms with Crippen molar-refractivity contribution in [2.24, 2.45) is 0 Å². The maximum atomic E-state index is 11.1. The number of amides is 1. The van der Waals surface area contributed by atoms with Crippen LogP contribution in [0.15, 0.2) is 0 Å². The molecule has 1 amide bonds. The SMILES string of the molecule is CCCC(=O)CN1CCSC1=O. The van der Waals surface area contributed by atoms with Gasteiger partial charge in [-0.05, 0) is 6.42 Å². The fourth-order valence-electron chi connectivity index (χ4n) is 1.14. The summed E-state index contributed by atoms with van der Waals surface area (Å²) in [7, 11) is 0. The lowest BCUT2D eigenvalue weighted by Crippen LogP contribution is -2.29. The van der Waals surface area contributed by atoms with Crippen molar-refractivity contribution in [3.05, 3.63) is 0 Å². The van der Waals surface area contributed by atoms with Crippen molar-refractivity contribution >= 4 is 22.8 Å². The lowest BCUT2D eigenvalue weighted by Gasteiger charge is -2.12. The van der Waals surface area contributed by atoms with E-state index in [1.165, 1.54) is 11.8 Å². The number of rotatable bonds is 4. The number of nitrogens with zero attached hydrogens (tertiary/aromatic N) is 1. The highest BCUT2D eigenvalue weighted by molar-refractivity contribution is 8.13. The minimum absolute atomic E-state index is 0.0550. The van der Waals surface area contributed by atoms with E-state index in [1.54, 1.807) is 4.90 Å². The van der Waals surface area contributed by atoms with Gasteiger partial charge in [0.05, 0.1) is 6.54 Å². The Morgan fingerprint density at radius 2 is 2.42 bits per heavy atom. The van der Waals surface area contributed by atoms with Crippen LogP contribution in [-0.2, 0) is 4.79 Å². The van der Waals surface area contributed by atoms with Crippen molar-refractivity contribution < 1.29 is 9.59 Å². The quantitative estimate of drug-likeness (QED) is 0.669. The fraction of sp³-hybridized carbons (Fsp3) is 0.750. The number of hydrogen-bond acceptors (Lipinski definition) is 3. The maximum Gasteiger partial charge on any atom is 0.282 e. The summed E-state index contributed by atoms with van der Waals surface area (Å²) in [5.74, 6) is 1.01. The number of carbonyl (C=O) groups is 2. The molecule has 0 N–H and O–H groups in total. The van der Waals surface area contributed by atoms with Crippen LogP contribution in [0.2, 0.25) is 0 Å². The first kappa shape index (κ1) is 9.58. The van der Waals surface area contributed by atoms with Crippen LogP contribution in [0.1, 0.15) is 19.8 Å². The molecular weight excluding hydrogens is 174 g/mol. The molecule has 12 heavy (non-hydrogen) atoms. The highest BCUT2D eigenvalue weighted by Crippen LogP contribution is 2.16. The normalized spacial score (nSPS) is 17.1. The zero-order chi connectivity index (χ0) is 8.97. The maximum absolute atomic E-state index is 11.1. The van der Waals surface area contributed by atoms with Crippen molar-refractivity contribution in [3.8, 4) is 0 Å². The molecule has 0 aromatic rings. The third-order valence-corrected chi connectivity index (χ3v) is 2.63. The van der Waals surface area contributed by atoms with Crippen LogP contribution in [0, 0.1) is 0 Å². The summed E-state index contributed by atoms with van der Waals surface area (Å²) in [4.78, 5) is 23.8. The van der Waals surface area contributed by atoms with Crippen LogP contribution >= 0.6 is 11.8 Å². The van der Waals surface area contributed by atoms with Gasteiger partial charge in [0.2, 0.25) is 0 Å². The Kier molecular flexibility index (Phi) is 3.59. The van der Waals surface area contributed by atoms with Crippen molar-refractivity contribution in [1.29, 1.82) is 0 Å². The fourth-order valence-corrected chi connectivity index (χ4v) is 1.96. The van der Waals surface area contributed by atoms with Gasteiger partial charge >= 0.3 is 0 Å². The molecule has 1 saturated heterocycles. The Balaban J connectivity index is 2.30. The van der Waals surface area contributed by atoms with E-state index in [4.69, 9.17) is 0 Å². The second-order valence-corrected chi connectivity index (χ2v) is 3.87. The molecule has 1 aliphatic heterocycles. The van der Waals surface area contributed by atoms with Crippen LogP contribution in [-0.4, -0.2) is 34.8 Å². The molecule has 1 aliphatic rings. The van der Waals surface area contributed by atoms with Gasteiger partial charge in [-0.3, -0.25) is 9.59 Å². The minimum Gasteiger partial charge on any atom is -0.325 e. The van der Waals surface area contributed by atoms with Crippen molar-refractivity contribution in [2.45, 2.75) is 19.8 Å². The molecule has 0 saturated carbocycles. The van der Waals surface area contributed by atoms with Gasteiger partial charge in [0.25, 0.3) is 5.24 Å². The number of carbonyl (C=O) groups excluding carboxylic acids is 2. The number of thioether (sulfide) groups is 1. The standard InChI is InChI=1S/C8H13NO2S/c1-2-3-7(10)6-9-4-5-12-8(9)11/h2-6H2,1H3. The van der Waals surface area contributed by atoms with Gasteiger partial charge < -0.3 is 4.90 Å². The molecular formula is C8H13NO2S. The van der Waals surface area contributed by atoms with E-state index < -0.39 is 0 Å². The summed E-state index contributed by atoms with van der Waals surface area (Å²) in [5, 5.41) is 0.0550. The first-order valence-electron chi connectivity index (χ1n) is 4.17. The van der Waals surface area contributed by atoms with Gasteiger partial charge in [0.15, 0.2) is 5.78 Å². The molecule has 3 nitrogen and oxygen atoms in total.